The number of hydrogen-bond acceptors (Lipinski definition) is 16. The number of aromatic nitrogens is 4. The Hall–Kier alpha value is -4.57. The Balaban J connectivity index is 0.000000617. The van der Waals surface area contributed by atoms with Gasteiger partial charge in [-0.2, -0.15) is 0 Å². The first kappa shape index (κ1) is 63.4. The third-order valence-corrected chi connectivity index (χ3v) is 8.51. The highest BCUT2D eigenvalue weighted by molar-refractivity contribution is 15.0. The molecule has 0 saturated carbocycles. The van der Waals surface area contributed by atoms with Gasteiger partial charge < -0.3 is 58.4 Å². The van der Waals surface area contributed by atoms with E-state index in [4.69, 9.17) is 44.3 Å². The fourth-order valence-corrected chi connectivity index (χ4v) is 5.58. The fraction of sp³-hybridized carbons (Fsp3) is 0.340. The van der Waals surface area contributed by atoms with Crippen LogP contribution >= 0.6 is 73.6 Å². The van der Waals surface area contributed by atoms with E-state index in [1.165, 1.54) is 26.5 Å². The highest BCUT2D eigenvalue weighted by Gasteiger charge is 2.15. The molecule has 0 spiro atoms. The standard InChI is InChI=1S/C25H29N3O5.C22H23N3O4.C3H6O.ClH.I2.HI/c1-25(2,29)9-8-18-6-5-7-19(14-18)28-24-20-15-22(32-12-10-30-3)23(33-13-11-31-4)16-21(20)26-17-27-24;1-4-16-6-5-7-17(12-16)25-22-18-13-20(28-10-8-26-2)21(29-11-9-27-3)14-19(18)23-15-24-22;1-3(2)4;;1-2;/h5-7,14-17,29H,10-13H2,1-4H3,(H,26,27,28);1,5-7,12-15H,8-11H2,2-3H3,(H,23,24,25);1-2H3;1H;;1H. The minimum atomic E-state index is -1.06. The number of carbonyl (C=O) groups is 1. The molecule has 3 N–H and O–H groups in total. The van der Waals surface area contributed by atoms with Crippen molar-refractivity contribution < 1.29 is 47.8 Å². The third-order valence-electron chi connectivity index (χ3n) is 8.51. The minimum Gasteiger partial charge on any atom is -0.487 e. The summed E-state index contributed by atoms with van der Waals surface area (Å²) in [6.07, 6.45) is 8.49. The third kappa shape index (κ3) is 23.1. The average molecular weight is 1320 g/mol. The Kier molecular flexibility index (Phi) is 32.2. The van der Waals surface area contributed by atoms with E-state index in [-0.39, 0.29) is 42.2 Å². The largest absolute Gasteiger partial charge is 0.487 e. The van der Waals surface area contributed by atoms with Crippen molar-refractivity contribution in [2.24, 2.45) is 0 Å². The SMILES string of the molecule is C#Cc1cccc(Nc2ncnc3cc(OCCOC)c(OCCOC)cc23)c1.CC(C)=O.COCCOc1cc2ncnc(Nc3cccc(C#CC(C)(C)O)c3)c2cc1OCCOC.Cl.I.II. The highest BCUT2D eigenvalue weighted by Crippen LogP contribution is 2.36. The van der Waals surface area contributed by atoms with E-state index in [9.17, 15) is 9.90 Å². The number of aliphatic hydroxyl groups is 1. The van der Waals surface area contributed by atoms with Gasteiger partial charge in [-0.15, -0.1) is 42.8 Å². The zero-order chi connectivity index (χ0) is 49.7. The summed E-state index contributed by atoms with van der Waals surface area (Å²) in [6.45, 7) is 9.74. The first-order valence-electron chi connectivity index (χ1n) is 21.0. The molecule has 0 aliphatic rings. The number of fused-ring (bicyclic) bond motifs is 2. The highest BCUT2D eigenvalue weighted by atomic mass is 128. The molecule has 20 heteroatoms. The summed E-state index contributed by atoms with van der Waals surface area (Å²) in [5.41, 5.74) is 3.57. The predicted molar refractivity (Wildman–Crippen MR) is 306 cm³/mol. The summed E-state index contributed by atoms with van der Waals surface area (Å²) in [4.78, 5) is 27.0. The normalized spacial score (nSPS) is 10.0. The quantitative estimate of drug-likeness (QED) is 0.0372. The molecular formula is C50H60ClI3N6O10. The van der Waals surface area contributed by atoms with Crippen LogP contribution in [0, 0.1) is 24.2 Å². The van der Waals surface area contributed by atoms with Crippen molar-refractivity contribution in [3.05, 3.63) is 96.6 Å². The molecular weight excluding hydrogens is 1260 g/mol. The molecule has 2 aromatic heterocycles. The summed E-state index contributed by atoms with van der Waals surface area (Å²) >= 11 is 4.24. The van der Waals surface area contributed by atoms with E-state index >= 15 is 0 Å². The zero-order valence-corrected chi connectivity index (χ0v) is 47.8. The van der Waals surface area contributed by atoms with E-state index in [2.05, 4.69) is 85.6 Å². The number of halogens is 4. The van der Waals surface area contributed by atoms with Crippen molar-refractivity contribution in [1.29, 1.82) is 0 Å². The van der Waals surface area contributed by atoms with E-state index in [0.717, 1.165) is 38.8 Å². The van der Waals surface area contributed by atoms with Gasteiger partial charge in [0.1, 0.15) is 62.1 Å². The first-order valence-corrected chi connectivity index (χ1v) is 27.3. The molecule has 0 unspecified atom stereocenters. The van der Waals surface area contributed by atoms with E-state index in [1.807, 2.05) is 72.8 Å². The molecule has 0 amide bonds. The lowest BCUT2D eigenvalue weighted by Gasteiger charge is -2.15. The van der Waals surface area contributed by atoms with Gasteiger partial charge in [0.2, 0.25) is 0 Å². The molecule has 0 atom stereocenters. The Morgan fingerprint density at radius 3 is 1.33 bits per heavy atom. The van der Waals surface area contributed by atoms with Gasteiger partial charge in [0.15, 0.2) is 23.0 Å². The van der Waals surface area contributed by atoms with Crippen molar-refractivity contribution >= 4 is 124 Å². The van der Waals surface area contributed by atoms with Crippen LogP contribution < -0.4 is 29.6 Å². The molecule has 2 heterocycles. The van der Waals surface area contributed by atoms with E-state index in [1.54, 1.807) is 42.3 Å². The second kappa shape index (κ2) is 35.5. The maximum absolute atomic E-state index is 9.85. The van der Waals surface area contributed by atoms with Crippen LogP contribution in [0.15, 0.2) is 85.5 Å². The summed E-state index contributed by atoms with van der Waals surface area (Å²) < 4.78 is 43.7. The van der Waals surface area contributed by atoms with Crippen molar-refractivity contribution in [1.82, 2.24) is 19.9 Å². The van der Waals surface area contributed by atoms with Crippen LogP contribution in [0.1, 0.15) is 38.8 Å². The topological polar surface area (TPSA) is 187 Å². The van der Waals surface area contributed by atoms with Crippen LogP contribution in [0.5, 0.6) is 23.0 Å². The van der Waals surface area contributed by atoms with Crippen LogP contribution in [0.3, 0.4) is 0 Å². The lowest BCUT2D eigenvalue weighted by atomic mass is 10.1. The molecule has 0 aliphatic carbocycles. The molecule has 4 aromatic carbocycles. The first-order chi connectivity index (χ1) is 32.9. The molecule has 6 rings (SSSR count). The molecule has 0 fully saturated rings. The molecule has 70 heavy (non-hydrogen) atoms. The molecule has 0 radical (unpaired) electrons. The van der Waals surface area contributed by atoms with Crippen LogP contribution in [-0.4, -0.2) is 118 Å². The van der Waals surface area contributed by atoms with Crippen molar-refractivity contribution in [3.8, 4) is 47.2 Å². The van der Waals surface area contributed by atoms with Gasteiger partial charge in [-0.05, 0) is 76.2 Å². The Bertz CT molecular complexity index is 2600. The fourth-order valence-electron chi connectivity index (χ4n) is 5.58. The summed E-state index contributed by atoms with van der Waals surface area (Å²) in [5.74, 6) is 12.2. The number of Topliss-reactive ketones (excluding diaryl/α,β-unsaturated/α-hetero) is 1. The average Bonchev–Trinajstić information content (AvgIpc) is 3.32. The molecule has 0 saturated heterocycles. The molecule has 6 aromatic rings. The van der Waals surface area contributed by atoms with Crippen LogP contribution in [0.25, 0.3) is 21.8 Å². The zero-order valence-electron chi connectivity index (χ0n) is 40.3. The van der Waals surface area contributed by atoms with Gasteiger partial charge in [-0.25, -0.2) is 19.9 Å². The lowest BCUT2D eigenvalue weighted by molar-refractivity contribution is -0.115. The van der Waals surface area contributed by atoms with E-state index in [0.29, 0.717) is 93.0 Å². The van der Waals surface area contributed by atoms with Gasteiger partial charge in [0.25, 0.3) is 0 Å². The van der Waals surface area contributed by atoms with Crippen LogP contribution in [0.2, 0.25) is 0 Å². The van der Waals surface area contributed by atoms with Crippen LogP contribution in [0.4, 0.5) is 23.0 Å². The second-order valence-corrected chi connectivity index (χ2v) is 14.7. The Morgan fingerprint density at radius 1 is 0.614 bits per heavy atom. The number of terminal acetylenes is 1. The number of rotatable bonds is 20. The summed E-state index contributed by atoms with van der Waals surface area (Å²) in [6, 6.07) is 22.5. The molecule has 16 nitrogen and oxygen atoms in total. The Morgan fingerprint density at radius 2 is 0.971 bits per heavy atom. The predicted octanol–water partition coefficient (Wildman–Crippen LogP) is 10.4. The van der Waals surface area contributed by atoms with Gasteiger partial charge in [-0.1, -0.05) is 29.9 Å². The van der Waals surface area contributed by atoms with Crippen molar-refractivity contribution in [2.75, 3.05) is 91.9 Å². The summed E-state index contributed by atoms with van der Waals surface area (Å²) in [7, 11) is 6.49. The second-order valence-electron chi connectivity index (χ2n) is 14.7. The van der Waals surface area contributed by atoms with Gasteiger partial charge in [0, 0.05) is 111 Å². The smallest absolute Gasteiger partial charge is 0.163 e. The molecule has 0 aliphatic heterocycles. The minimum absolute atomic E-state index is 0. The number of nitrogens with zero attached hydrogens (tertiary/aromatic N) is 4. The maximum Gasteiger partial charge on any atom is 0.163 e. The van der Waals surface area contributed by atoms with Gasteiger partial charge in [0.05, 0.1) is 37.5 Å². The Labute approximate surface area is 457 Å². The van der Waals surface area contributed by atoms with Crippen LogP contribution in [-0.2, 0) is 23.7 Å². The number of ketones is 1. The van der Waals surface area contributed by atoms with Crippen molar-refractivity contribution in [3.63, 3.8) is 0 Å². The number of methoxy groups -OCH3 is 4. The number of hydrogen-bond donors (Lipinski definition) is 3. The maximum atomic E-state index is 9.85. The van der Waals surface area contributed by atoms with Gasteiger partial charge >= 0.3 is 0 Å². The number of carbonyl (C=O) groups excluding carboxylic acids is 1. The van der Waals surface area contributed by atoms with Gasteiger partial charge in [-0.3, -0.25) is 0 Å². The number of ether oxygens (including phenoxy) is 8. The van der Waals surface area contributed by atoms with Crippen molar-refractivity contribution in [2.45, 2.75) is 33.3 Å². The summed E-state index contributed by atoms with van der Waals surface area (Å²) in [5, 5.41) is 18.1. The number of anilines is 4. The monoisotopic (exact) mass is 1320 g/mol. The molecule has 0 bridgehead atoms. The van der Waals surface area contributed by atoms with E-state index < -0.39 is 5.60 Å². The molecule has 378 valence electrons. The lowest BCUT2D eigenvalue weighted by Crippen LogP contribution is -2.14. The number of benzene rings is 4. The number of nitrogens with one attached hydrogen (secondary N) is 2.